The summed E-state index contributed by atoms with van der Waals surface area (Å²) < 4.78 is 0. The fourth-order valence-electron chi connectivity index (χ4n) is 1.84. The summed E-state index contributed by atoms with van der Waals surface area (Å²) in [6.07, 6.45) is 2.56. The average Bonchev–Trinajstić information content (AvgIpc) is 2.77. The number of nitrogens with zero attached hydrogens (tertiary/aromatic N) is 4. The number of thioether (sulfide) groups is 1. The van der Waals surface area contributed by atoms with Gasteiger partial charge in [0.25, 0.3) is 0 Å². The van der Waals surface area contributed by atoms with Crippen LogP contribution in [0.1, 0.15) is 6.42 Å². The normalized spacial score (nSPS) is 20.1. The Bertz CT molecular complexity index is 447. The third-order valence-corrected chi connectivity index (χ3v) is 3.10. The van der Waals surface area contributed by atoms with Gasteiger partial charge in [-0.1, -0.05) is 0 Å². The zero-order valence-corrected chi connectivity index (χ0v) is 10.6. The van der Waals surface area contributed by atoms with Crippen molar-refractivity contribution in [1.29, 1.82) is 5.41 Å². The van der Waals surface area contributed by atoms with Gasteiger partial charge in [0.2, 0.25) is 0 Å². The van der Waals surface area contributed by atoms with E-state index in [4.69, 9.17) is 16.9 Å². The van der Waals surface area contributed by atoms with Crippen LogP contribution in [0.15, 0.2) is 23.3 Å². The molecule has 0 bridgehead atoms. The Kier molecular flexibility index (Phi) is 3.98. The summed E-state index contributed by atoms with van der Waals surface area (Å²) in [6, 6.07) is 3.91. The Balaban J connectivity index is 1.95. The Morgan fingerprint density at radius 3 is 3.06 bits per heavy atom. The Labute approximate surface area is 109 Å². The molecule has 1 aliphatic rings. The van der Waals surface area contributed by atoms with Gasteiger partial charge in [-0.3, -0.25) is 10.4 Å². The average molecular weight is 265 g/mol. The number of nitrogens with one attached hydrogen (secondary N) is 1. The van der Waals surface area contributed by atoms with Gasteiger partial charge in [-0.2, -0.15) is 5.10 Å². The maximum atomic E-state index is 7.12. The molecular weight excluding hydrogens is 250 g/mol. The second-order valence-electron chi connectivity index (χ2n) is 3.90. The summed E-state index contributed by atoms with van der Waals surface area (Å²) in [4.78, 5) is 6.46. The smallest absolute Gasteiger partial charge is 0.162 e. The first-order valence-electron chi connectivity index (χ1n) is 5.53. The highest BCUT2D eigenvalue weighted by Crippen LogP contribution is 2.19. The largest absolute Gasteiger partial charge is 0.378 e. The summed E-state index contributed by atoms with van der Waals surface area (Å²) in [7, 11) is 0. The van der Waals surface area contributed by atoms with Crippen LogP contribution >= 0.6 is 11.8 Å². The third kappa shape index (κ3) is 3.33. The lowest BCUT2D eigenvalue weighted by Gasteiger charge is -2.15. The zero-order chi connectivity index (χ0) is 13.0. The lowest BCUT2D eigenvalue weighted by molar-refractivity contribution is 0.754. The van der Waals surface area contributed by atoms with Crippen LogP contribution in [0, 0.1) is 5.41 Å². The van der Waals surface area contributed by atoms with Crippen LogP contribution in [-0.2, 0) is 0 Å². The van der Waals surface area contributed by atoms with Crippen molar-refractivity contribution in [1.82, 2.24) is 10.2 Å². The molecule has 0 saturated carbocycles. The number of nitrogens with two attached hydrogens (primary N) is 2. The summed E-state index contributed by atoms with van der Waals surface area (Å²) in [5.74, 6) is 0.855. The van der Waals surface area contributed by atoms with E-state index in [-0.39, 0.29) is 11.2 Å². The van der Waals surface area contributed by atoms with E-state index in [1.807, 2.05) is 12.1 Å². The van der Waals surface area contributed by atoms with E-state index in [2.05, 4.69) is 20.1 Å². The monoisotopic (exact) mass is 265 g/mol. The maximum absolute atomic E-state index is 7.12. The molecule has 0 aromatic carbocycles. The van der Waals surface area contributed by atoms with E-state index in [0.717, 1.165) is 37.1 Å². The lowest BCUT2D eigenvalue weighted by atomic mass is 10.3. The third-order valence-electron chi connectivity index (χ3n) is 2.57. The predicted octanol–water partition coefficient (Wildman–Crippen LogP) is -0.00333. The minimum atomic E-state index is -0.0416. The second kappa shape index (κ2) is 5.67. The highest BCUT2D eigenvalue weighted by Gasteiger charge is 2.23. The van der Waals surface area contributed by atoms with Crippen molar-refractivity contribution < 1.29 is 0 Å². The van der Waals surface area contributed by atoms with E-state index >= 15 is 0 Å². The first-order chi connectivity index (χ1) is 8.65. The van der Waals surface area contributed by atoms with Gasteiger partial charge in [0.15, 0.2) is 16.2 Å². The van der Waals surface area contributed by atoms with E-state index in [0.29, 0.717) is 5.17 Å². The molecule has 0 amide bonds. The van der Waals surface area contributed by atoms with Gasteiger partial charge in [-0.25, -0.2) is 0 Å². The van der Waals surface area contributed by atoms with Gasteiger partial charge < -0.3 is 16.4 Å². The predicted molar refractivity (Wildman–Crippen MR) is 73.8 cm³/mol. The molecule has 96 valence electrons. The van der Waals surface area contributed by atoms with Crippen molar-refractivity contribution in [3.05, 3.63) is 18.3 Å². The fraction of sp³-hybridized carbons (Fsp3) is 0.400. The van der Waals surface area contributed by atoms with Gasteiger partial charge in [0, 0.05) is 19.3 Å². The van der Waals surface area contributed by atoms with Gasteiger partial charge in [0.05, 0.1) is 6.04 Å². The number of amidine groups is 2. The molecule has 8 heteroatoms. The van der Waals surface area contributed by atoms with Crippen molar-refractivity contribution in [3.8, 4) is 0 Å². The molecule has 0 spiro atoms. The maximum Gasteiger partial charge on any atom is 0.162 e. The molecule has 18 heavy (non-hydrogen) atoms. The molecular formula is C10H15N7S. The van der Waals surface area contributed by atoms with Crippen molar-refractivity contribution in [2.24, 2.45) is 16.5 Å². The number of aromatic nitrogens is 2. The van der Waals surface area contributed by atoms with Crippen molar-refractivity contribution in [2.75, 3.05) is 18.0 Å². The molecule has 1 saturated heterocycles. The van der Waals surface area contributed by atoms with Crippen LogP contribution in [-0.4, -0.2) is 39.7 Å². The van der Waals surface area contributed by atoms with E-state index in [9.17, 15) is 0 Å². The fourth-order valence-corrected chi connectivity index (χ4v) is 2.26. The van der Waals surface area contributed by atoms with Crippen LogP contribution in [0.5, 0.6) is 0 Å². The quantitative estimate of drug-likeness (QED) is 0.511. The van der Waals surface area contributed by atoms with Gasteiger partial charge in [-0.05, 0) is 30.3 Å². The molecule has 7 nitrogen and oxygen atoms in total. The van der Waals surface area contributed by atoms with Crippen molar-refractivity contribution >= 4 is 27.9 Å². The number of anilines is 1. The molecule has 2 rings (SSSR count). The molecule has 1 aromatic rings. The van der Waals surface area contributed by atoms with Crippen molar-refractivity contribution in [2.45, 2.75) is 12.5 Å². The van der Waals surface area contributed by atoms with Crippen LogP contribution in [0.25, 0.3) is 0 Å². The molecule has 0 radical (unpaired) electrons. The zero-order valence-electron chi connectivity index (χ0n) is 9.78. The Morgan fingerprint density at radius 2 is 2.39 bits per heavy atom. The number of rotatable bonds is 2. The summed E-state index contributed by atoms with van der Waals surface area (Å²) in [5, 5.41) is 15.3. The van der Waals surface area contributed by atoms with E-state index in [1.54, 1.807) is 6.20 Å². The Morgan fingerprint density at radius 1 is 1.56 bits per heavy atom. The molecule has 0 aliphatic carbocycles. The van der Waals surface area contributed by atoms with E-state index in [1.165, 1.54) is 0 Å². The Hall–Kier alpha value is -1.83. The van der Waals surface area contributed by atoms with Gasteiger partial charge >= 0.3 is 0 Å². The molecule has 1 aliphatic heterocycles. The van der Waals surface area contributed by atoms with E-state index < -0.39 is 0 Å². The molecule has 1 atom stereocenters. The standard InChI is InChI=1S/C10H15N7S/c11-9(12)18-10(13)15-7-3-5-17(6-7)8-2-1-4-14-16-8/h1-2,4,7H,3,5-6H2,(H3,11,12)(H2,13,15)/t7-/m1/s1. The number of hydrogen-bond donors (Lipinski definition) is 3. The summed E-state index contributed by atoms with van der Waals surface area (Å²) in [5.41, 5.74) is 10.9. The first kappa shape index (κ1) is 12.6. The molecule has 0 unspecified atom stereocenters. The lowest BCUT2D eigenvalue weighted by Crippen LogP contribution is -2.23. The minimum Gasteiger partial charge on any atom is -0.378 e. The molecule has 5 N–H and O–H groups in total. The minimum absolute atomic E-state index is 0.0416. The number of hydrogen-bond acceptors (Lipinski definition) is 6. The highest BCUT2D eigenvalue weighted by molar-refractivity contribution is 8.26. The van der Waals surface area contributed by atoms with Crippen LogP contribution in [0.3, 0.4) is 0 Å². The topological polar surface area (TPSA) is 117 Å². The SMILES string of the molecule is N=C(N)SC(N)=N[C@@H]1CCN(c2cccnn2)C1. The van der Waals surface area contributed by atoms with Gasteiger partial charge in [-0.15, -0.1) is 5.10 Å². The first-order valence-corrected chi connectivity index (χ1v) is 6.34. The van der Waals surface area contributed by atoms with Crippen molar-refractivity contribution in [3.63, 3.8) is 0 Å². The highest BCUT2D eigenvalue weighted by atomic mass is 32.2. The molecule has 1 aromatic heterocycles. The van der Waals surface area contributed by atoms with Crippen LogP contribution in [0.2, 0.25) is 0 Å². The van der Waals surface area contributed by atoms with Crippen LogP contribution < -0.4 is 16.4 Å². The second-order valence-corrected chi connectivity index (χ2v) is 4.97. The summed E-state index contributed by atoms with van der Waals surface area (Å²) in [6.45, 7) is 1.64. The molecule has 1 fully saturated rings. The summed E-state index contributed by atoms with van der Waals surface area (Å²) >= 11 is 0.981. The van der Waals surface area contributed by atoms with Gasteiger partial charge in [0.1, 0.15) is 0 Å². The van der Waals surface area contributed by atoms with Crippen LogP contribution in [0.4, 0.5) is 5.82 Å². The number of aliphatic imine (C=N–C) groups is 1. The molecule has 2 heterocycles.